The molecule has 2 aromatic rings. The van der Waals surface area contributed by atoms with Gasteiger partial charge in [0.25, 0.3) is 0 Å². The van der Waals surface area contributed by atoms with E-state index in [0.717, 1.165) is 35.4 Å². The van der Waals surface area contributed by atoms with E-state index < -0.39 is 11.6 Å². The van der Waals surface area contributed by atoms with Crippen LogP contribution in [-0.4, -0.2) is 43.0 Å². The van der Waals surface area contributed by atoms with E-state index in [4.69, 9.17) is 4.74 Å². The Bertz CT molecular complexity index is 894. The molecule has 2 atom stereocenters. The Balaban J connectivity index is 0.000000185. The molecule has 7 heteroatoms. The van der Waals surface area contributed by atoms with E-state index in [0.29, 0.717) is 5.56 Å². The molecule has 0 spiro atoms. The highest BCUT2D eigenvalue weighted by atomic mass is 32.2. The number of thioether (sulfide) groups is 1. The van der Waals surface area contributed by atoms with Crippen LogP contribution in [0.15, 0.2) is 41.3 Å². The topological polar surface area (TPSA) is 38.8 Å². The maximum atomic E-state index is 13.6. The fraction of sp³-hybridized carbons (Fsp3) is 0.458. The second kappa shape index (κ2) is 9.47. The van der Waals surface area contributed by atoms with E-state index in [1.54, 1.807) is 11.8 Å². The summed E-state index contributed by atoms with van der Waals surface area (Å²) in [4.78, 5) is 14.5. The second-order valence-corrected chi connectivity index (χ2v) is 9.72. The molecule has 168 valence electrons. The number of amides is 1. The van der Waals surface area contributed by atoms with Gasteiger partial charge in [0.15, 0.2) is 17.4 Å². The van der Waals surface area contributed by atoms with Crippen LogP contribution in [0.2, 0.25) is 0 Å². The number of rotatable bonds is 3. The van der Waals surface area contributed by atoms with E-state index in [-0.39, 0.29) is 17.4 Å². The van der Waals surface area contributed by atoms with Gasteiger partial charge in [-0.05, 0) is 80.7 Å². The quantitative estimate of drug-likeness (QED) is 0.520. The summed E-state index contributed by atoms with van der Waals surface area (Å²) in [6, 6.07) is 10.1. The van der Waals surface area contributed by atoms with Crippen LogP contribution in [0.3, 0.4) is 0 Å². The number of fused-ring (bicyclic) bond motifs is 1. The van der Waals surface area contributed by atoms with Gasteiger partial charge in [-0.2, -0.15) is 0 Å². The number of halogens is 2. The van der Waals surface area contributed by atoms with Crippen LogP contribution in [-0.2, 0) is 4.74 Å². The average Bonchev–Trinajstić information content (AvgIpc) is 3.32. The number of piperidine rings is 1. The average molecular weight is 450 g/mol. The monoisotopic (exact) mass is 449 g/mol. The van der Waals surface area contributed by atoms with Crippen LogP contribution in [0.1, 0.15) is 27.2 Å². The number of carbonyl (C=O) groups is 1. The first-order valence-corrected chi connectivity index (χ1v) is 11.5. The van der Waals surface area contributed by atoms with Crippen LogP contribution in [0.25, 0.3) is 11.1 Å². The number of likely N-dealkylation sites (tertiary alicyclic amines) is 1. The normalized spacial score (nSPS) is 19.3. The Kier molecular flexibility index (Phi) is 7.14. The molecule has 2 aliphatic rings. The van der Waals surface area contributed by atoms with Crippen molar-refractivity contribution in [3.05, 3.63) is 48.0 Å². The molecule has 1 saturated carbocycles. The number of hydrogen-bond acceptors (Lipinski definition) is 4. The molecule has 2 aromatic carbocycles. The highest BCUT2D eigenvalue weighted by molar-refractivity contribution is 7.98. The smallest absolute Gasteiger partial charge is 0.410 e. The number of nitrogens with zero attached hydrogens (tertiary/aromatic N) is 1. The zero-order valence-electron chi connectivity index (χ0n) is 18.6. The lowest BCUT2D eigenvalue weighted by Crippen LogP contribution is -2.36. The molecule has 1 aliphatic carbocycles. The van der Waals surface area contributed by atoms with E-state index in [1.165, 1.54) is 25.7 Å². The Morgan fingerprint density at radius 1 is 1.03 bits per heavy atom. The van der Waals surface area contributed by atoms with Crippen LogP contribution in [0.5, 0.6) is 5.75 Å². The van der Waals surface area contributed by atoms with Crippen molar-refractivity contribution in [1.29, 1.82) is 0 Å². The molecular formula is C24H29F2NO3S. The highest BCUT2D eigenvalue weighted by Crippen LogP contribution is 2.45. The van der Waals surface area contributed by atoms with Crippen molar-refractivity contribution in [1.82, 2.24) is 4.90 Å². The summed E-state index contributed by atoms with van der Waals surface area (Å²) in [5, 5.41) is 0. The lowest BCUT2D eigenvalue weighted by Gasteiger charge is -2.25. The SMILES string of the molecule is CC(C)(C)OC(=O)N1CC2CC2C1.COc1c(F)cc(-c2ccc(SC)cc2)cc1F. The number of benzene rings is 2. The van der Waals surface area contributed by atoms with E-state index in [9.17, 15) is 13.6 Å². The predicted molar refractivity (Wildman–Crippen MR) is 120 cm³/mol. The fourth-order valence-corrected chi connectivity index (χ4v) is 3.99. The van der Waals surface area contributed by atoms with E-state index in [1.807, 2.05) is 56.2 Å². The molecule has 1 heterocycles. The Morgan fingerprint density at radius 3 is 2.03 bits per heavy atom. The van der Waals surface area contributed by atoms with Gasteiger partial charge in [-0.1, -0.05) is 12.1 Å². The van der Waals surface area contributed by atoms with E-state index >= 15 is 0 Å². The Hall–Kier alpha value is -2.28. The summed E-state index contributed by atoms with van der Waals surface area (Å²) in [6.07, 6.45) is 3.15. The van der Waals surface area contributed by atoms with Gasteiger partial charge in [0, 0.05) is 18.0 Å². The maximum Gasteiger partial charge on any atom is 0.410 e. The third kappa shape index (κ3) is 6.12. The summed E-state index contributed by atoms with van der Waals surface area (Å²) >= 11 is 1.62. The molecule has 1 amide bonds. The Labute approximate surface area is 186 Å². The van der Waals surface area contributed by atoms with Crippen molar-refractivity contribution in [2.75, 3.05) is 26.5 Å². The minimum atomic E-state index is -0.693. The van der Waals surface area contributed by atoms with Crippen molar-refractivity contribution in [3.8, 4) is 16.9 Å². The molecule has 0 aromatic heterocycles. The predicted octanol–water partition coefficient (Wildman–Crippen LogP) is 6.24. The molecule has 4 nitrogen and oxygen atoms in total. The Morgan fingerprint density at radius 2 is 1.58 bits per heavy atom. The van der Waals surface area contributed by atoms with Crippen LogP contribution < -0.4 is 4.74 Å². The van der Waals surface area contributed by atoms with Gasteiger partial charge in [0.2, 0.25) is 0 Å². The highest BCUT2D eigenvalue weighted by Gasteiger charge is 2.47. The first-order chi connectivity index (χ1) is 14.6. The zero-order valence-corrected chi connectivity index (χ0v) is 19.4. The number of carbonyl (C=O) groups excluding carboxylic acids is 1. The molecule has 2 fully saturated rings. The lowest BCUT2D eigenvalue weighted by molar-refractivity contribution is 0.0274. The minimum absolute atomic E-state index is 0.139. The van der Waals surface area contributed by atoms with Gasteiger partial charge in [-0.15, -0.1) is 11.8 Å². The zero-order chi connectivity index (χ0) is 22.8. The lowest BCUT2D eigenvalue weighted by atomic mass is 10.1. The third-order valence-corrected chi connectivity index (χ3v) is 6.00. The first-order valence-electron chi connectivity index (χ1n) is 10.3. The standard InChI is InChI=1S/C14H12F2OS.C10H17NO2/c1-17-14-12(15)7-10(8-13(14)16)9-3-5-11(18-2)6-4-9;1-10(2,3)13-9(12)11-5-7-4-8(7)6-11/h3-8H,1-2H3;7-8H,4-6H2,1-3H3. The van der Waals surface area contributed by atoms with Crippen LogP contribution in [0.4, 0.5) is 13.6 Å². The summed E-state index contributed by atoms with van der Waals surface area (Å²) in [5.41, 5.74) is 0.913. The van der Waals surface area contributed by atoms with E-state index in [2.05, 4.69) is 4.74 Å². The maximum absolute atomic E-state index is 13.6. The number of hydrogen-bond donors (Lipinski definition) is 0. The molecule has 1 aliphatic heterocycles. The molecule has 1 saturated heterocycles. The molecule has 31 heavy (non-hydrogen) atoms. The molecule has 0 radical (unpaired) electrons. The van der Waals surface area contributed by atoms with Crippen LogP contribution in [0, 0.1) is 23.5 Å². The van der Waals surface area contributed by atoms with Crippen molar-refractivity contribution in [3.63, 3.8) is 0 Å². The van der Waals surface area contributed by atoms with Crippen molar-refractivity contribution < 1.29 is 23.0 Å². The molecule has 0 bridgehead atoms. The summed E-state index contributed by atoms with van der Waals surface area (Å²) in [6.45, 7) is 7.55. The number of methoxy groups -OCH3 is 1. The second-order valence-electron chi connectivity index (χ2n) is 8.84. The van der Waals surface area contributed by atoms with Gasteiger partial charge >= 0.3 is 6.09 Å². The van der Waals surface area contributed by atoms with Gasteiger partial charge in [0.1, 0.15) is 5.60 Å². The van der Waals surface area contributed by atoms with Crippen LogP contribution >= 0.6 is 11.8 Å². The van der Waals surface area contributed by atoms with Gasteiger partial charge in [0.05, 0.1) is 7.11 Å². The molecule has 4 rings (SSSR count). The fourth-order valence-electron chi connectivity index (χ4n) is 3.58. The van der Waals surface area contributed by atoms with Gasteiger partial charge in [-0.25, -0.2) is 13.6 Å². The van der Waals surface area contributed by atoms with Crippen molar-refractivity contribution in [2.24, 2.45) is 11.8 Å². The van der Waals surface area contributed by atoms with Gasteiger partial charge in [-0.3, -0.25) is 0 Å². The van der Waals surface area contributed by atoms with Crippen molar-refractivity contribution in [2.45, 2.75) is 37.7 Å². The number of ether oxygens (including phenoxy) is 2. The van der Waals surface area contributed by atoms with Crippen molar-refractivity contribution >= 4 is 17.9 Å². The van der Waals surface area contributed by atoms with Gasteiger partial charge < -0.3 is 14.4 Å². The first kappa shape index (κ1) is 23.4. The minimum Gasteiger partial charge on any atom is -0.491 e. The largest absolute Gasteiger partial charge is 0.491 e. The molecule has 2 unspecified atom stereocenters. The summed E-state index contributed by atoms with van der Waals surface area (Å²) in [7, 11) is 1.24. The summed E-state index contributed by atoms with van der Waals surface area (Å²) in [5.74, 6) is -0.164. The molecular weight excluding hydrogens is 420 g/mol. The molecule has 0 N–H and O–H groups in total. The summed E-state index contributed by atoms with van der Waals surface area (Å²) < 4.78 is 37.1. The third-order valence-electron chi connectivity index (χ3n) is 5.26.